The van der Waals surface area contributed by atoms with Crippen LogP contribution >= 0.6 is 12.4 Å². The summed E-state index contributed by atoms with van der Waals surface area (Å²) in [5.74, 6) is -0.479. The van der Waals surface area contributed by atoms with Crippen molar-refractivity contribution in [3.63, 3.8) is 0 Å². The lowest BCUT2D eigenvalue weighted by molar-refractivity contribution is -0.0517. The number of benzene rings is 1. The minimum absolute atomic E-state index is 0. The summed E-state index contributed by atoms with van der Waals surface area (Å²) in [6.07, 6.45) is 2.30. The van der Waals surface area contributed by atoms with E-state index in [4.69, 9.17) is 15.2 Å². The molecule has 6 nitrogen and oxygen atoms in total. The number of hydrogen-bond donors (Lipinski definition) is 1. The number of halogens is 3. The molecule has 1 amide bonds. The predicted octanol–water partition coefficient (Wildman–Crippen LogP) is 2.69. The summed E-state index contributed by atoms with van der Waals surface area (Å²) in [6, 6.07) is 4.52. The second-order valence-corrected chi connectivity index (χ2v) is 5.72. The SMILES string of the molecule is COc1cccc(C(=O)N2CCC(OCCCN)CC2)c1OC(F)F.Cl. The zero-order valence-electron chi connectivity index (χ0n) is 14.7. The standard InChI is InChI=1S/C17H24F2N2O4.ClH/c1-23-14-5-2-4-13(15(14)25-17(18)19)16(22)21-9-6-12(7-10-21)24-11-3-8-20;/h2,4-5,12,17H,3,6-11,20H2,1H3;1H. The minimum Gasteiger partial charge on any atom is -0.493 e. The molecule has 1 aliphatic rings. The lowest BCUT2D eigenvalue weighted by Crippen LogP contribution is -2.41. The normalized spacial score (nSPS) is 14.9. The molecule has 0 unspecified atom stereocenters. The number of carbonyl (C=O) groups is 1. The molecule has 1 aromatic carbocycles. The van der Waals surface area contributed by atoms with Crippen LogP contribution in [0.1, 0.15) is 29.6 Å². The van der Waals surface area contributed by atoms with Crippen molar-refractivity contribution in [3.8, 4) is 11.5 Å². The van der Waals surface area contributed by atoms with Crippen LogP contribution in [0.5, 0.6) is 11.5 Å². The van der Waals surface area contributed by atoms with Gasteiger partial charge in [0.1, 0.15) is 0 Å². The summed E-state index contributed by atoms with van der Waals surface area (Å²) in [7, 11) is 1.34. The lowest BCUT2D eigenvalue weighted by Gasteiger charge is -2.32. The molecular formula is C17H25ClF2N2O4. The van der Waals surface area contributed by atoms with Crippen molar-refractivity contribution in [2.24, 2.45) is 5.73 Å². The van der Waals surface area contributed by atoms with Gasteiger partial charge in [-0.2, -0.15) is 8.78 Å². The Hall–Kier alpha value is -1.64. The van der Waals surface area contributed by atoms with Crippen LogP contribution in [-0.4, -0.2) is 56.9 Å². The molecule has 26 heavy (non-hydrogen) atoms. The average molecular weight is 395 g/mol. The number of hydrogen-bond acceptors (Lipinski definition) is 5. The molecule has 9 heteroatoms. The molecule has 0 bridgehead atoms. The number of carbonyl (C=O) groups excluding carboxylic acids is 1. The Morgan fingerprint density at radius 3 is 2.62 bits per heavy atom. The van der Waals surface area contributed by atoms with Crippen LogP contribution in [0.2, 0.25) is 0 Å². The third kappa shape index (κ3) is 5.96. The van der Waals surface area contributed by atoms with Crippen molar-refractivity contribution in [3.05, 3.63) is 23.8 Å². The maximum Gasteiger partial charge on any atom is 0.387 e. The monoisotopic (exact) mass is 394 g/mol. The van der Waals surface area contributed by atoms with E-state index < -0.39 is 6.61 Å². The number of rotatable bonds is 8. The van der Waals surface area contributed by atoms with Gasteiger partial charge in [0.05, 0.1) is 18.8 Å². The van der Waals surface area contributed by atoms with Crippen molar-refractivity contribution >= 4 is 18.3 Å². The highest BCUT2D eigenvalue weighted by Crippen LogP contribution is 2.33. The van der Waals surface area contributed by atoms with Crippen molar-refractivity contribution < 1.29 is 27.8 Å². The molecule has 2 rings (SSSR count). The van der Waals surface area contributed by atoms with E-state index in [-0.39, 0.29) is 41.5 Å². The molecule has 148 valence electrons. The van der Waals surface area contributed by atoms with Gasteiger partial charge in [-0.15, -0.1) is 12.4 Å². The van der Waals surface area contributed by atoms with Crippen LogP contribution in [0.4, 0.5) is 8.78 Å². The second-order valence-electron chi connectivity index (χ2n) is 5.72. The maximum absolute atomic E-state index is 12.7. The van der Waals surface area contributed by atoms with Gasteiger partial charge in [0.2, 0.25) is 0 Å². The van der Waals surface area contributed by atoms with E-state index in [1.807, 2.05) is 0 Å². The number of nitrogens with zero attached hydrogens (tertiary/aromatic N) is 1. The zero-order chi connectivity index (χ0) is 18.2. The zero-order valence-corrected chi connectivity index (χ0v) is 15.5. The van der Waals surface area contributed by atoms with E-state index in [0.717, 1.165) is 6.42 Å². The van der Waals surface area contributed by atoms with Gasteiger partial charge in [0.15, 0.2) is 11.5 Å². The van der Waals surface area contributed by atoms with Crippen LogP contribution in [-0.2, 0) is 4.74 Å². The smallest absolute Gasteiger partial charge is 0.387 e. The van der Waals surface area contributed by atoms with E-state index in [1.54, 1.807) is 11.0 Å². The first kappa shape index (κ1) is 22.4. The number of alkyl halides is 2. The van der Waals surface area contributed by atoms with Crippen LogP contribution < -0.4 is 15.2 Å². The van der Waals surface area contributed by atoms with Gasteiger partial charge in [-0.1, -0.05) is 6.07 Å². The number of nitrogens with two attached hydrogens (primary N) is 1. The highest BCUT2D eigenvalue weighted by atomic mass is 35.5. The van der Waals surface area contributed by atoms with Gasteiger partial charge in [0, 0.05) is 19.7 Å². The number of ether oxygens (including phenoxy) is 3. The summed E-state index contributed by atoms with van der Waals surface area (Å²) < 4.78 is 40.7. The molecule has 0 spiro atoms. The largest absolute Gasteiger partial charge is 0.493 e. The molecule has 1 fully saturated rings. The van der Waals surface area contributed by atoms with Crippen molar-refractivity contribution in [1.82, 2.24) is 4.90 Å². The van der Waals surface area contributed by atoms with Gasteiger partial charge < -0.3 is 24.8 Å². The van der Waals surface area contributed by atoms with E-state index in [2.05, 4.69) is 4.74 Å². The lowest BCUT2D eigenvalue weighted by atomic mass is 10.1. The van der Waals surface area contributed by atoms with E-state index in [1.165, 1.54) is 19.2 Å². The summed E-state index contributed by atoms with van der Waals surface area (Å²) in [4.78, 5) is 14.3. The van der Waals surface area contributed by atoms with Crippen LogP contribution in [0.15, 0.2) is 18.2 Å². The first-order chi connectivity index (χ1) is 12.1. The fourth-order valence-corrected chi connectivity index (χ4v) is 2.78. The highest BCUT2D eigenvalue weighted by molar-refractivity contribution is 5.97. The van der Waals surface area contributed by atoms with Gasteiger partial charge in [-0.3, -0.25) is 4.79 Å². The first-order valence-corrected chi connectivity index (χ1v) is 8.29. The Labute approximate surface area is 158 Å². The van der Waals surface area contributed by atoms with Gasteiger partial charge in [-0.25, -0.2) is 0 Å². The van der Waals surface area contributed by atoms with E-state index >= 15 is 0 Å². The van der Waals surface area contributed by atoms with Crippen LogP contribution in [0, 0.1) is 0 Å². The fourth-order valence-electron chi connectivity index (χ4n) is 2.78. The van der Waals surface area contributed by atoms with Crippen molar-refractivity contribution in [1.29, 1.82) is 0 Å². The minimum atomic E-state index is -3.04. The first-order valence-electron chi connectivity index (χ1n) is 8.29. The van der Waals surface area contributed by atoms with Crippen molar-refractivity contribution in [2.45, 2.75) is 32.0 Å². The average Bonchev–Trinajstić information content (AvgIpc) is 2.61. The summed E-state index contributed by atoms with van der Waals surface area (Å²) in [6.45, 7) is -0.851. The Morgan fingerprint density at radius 2 is 2.04 bits per heavy atom. The Kier molecular flexibility index (Phi) is 9.61. The quantitative estimate of drug-likeness (QED) is 0.686. The third-order valence-corrected chi connectivity index (χ3v) is 4.07. The molecule has 1 heterocycles. The topological polar surface area (TPSA) is 74.0 Å². The maximum atomic E-state index is 12.7. The second kappa shape index (κ2) is 11.2. The van der Waals surface area contributed by atoms with Crippen LogP contribution in [0.25, 0.3) is 0 Å². The molecule has 0 radical (unpaired) electrons. The van der Waals surface area contributed by atoms with Gasteiger partial charge >= 0.3 is 6.61 Å². The van der Waals surface area contributed by atoms with Crippen LogP contribution in [0.3, 0.4) is 0 Å². The summed E-state index contributed by atoms with van der Waals surface area (Å²) in [5.41, 5.74) is 5.51. The van der Waals surface area contributed by atoms with Gasteiger partial charge in [0.25, 0.3) is 5.91 Å². The Balaban J connectivity index is 0.00000338. The summed E-state index contributed by atoms with van der Waals surface area (Å²) in [5, 5.41) is 0. The molecule has 2 N–H and O–H groups in total. The molecule has 0 saturated carbocycles. The molecule has 0 aromatic heterocycles. The van der Waals surface area contributed by atoms with Gasteiger partial charge in [-0.05, 0) is 37.9 Å². The molecule has 0 aliphatic carbocycles. The summed E-state index contributed by atoms with van der Waals surface area (Å²) >= 11 is 0. The third-order valence-electron chi connectivity index (χ3n) is 4.07. The molecule has 1 saturated heterocycles. The van der Waals surface area contributed by atoms with E-state index in [9.17, 15) is 13.6 Å². The number of amides is 1. The Bertz CT molecular complexity index is 570. The Morgan fingerprint density at radius 1 is 1.35 bits per heavy atom. The molecular weight excluding hydrogens is 370 g/mol. The highest BCUT2D eigenvalue weighted by Gasteiger charge is 2.28. The molecule has 1 aromatic rings. The van der Waals surface area contributed by atoms with Crippen molar-refractivity contribution in [2.75, 3.05) is 33.4 Å². The predicted molar refractivity (Wildman–Crippen MR) is 95.4 cm³/mol. The number of likely N-dealkylation sites (tertiary alicyclic amines) is 1. The van der Waals surface area contributed by atoms with E-state index in [0.29, 0.717) is 39.1 Å². The molecule has 0 atom stereocenters. The number of piperidine rings is 1. The number of para-hydroxylation sites is 1. The number of methoxy groups -OCH3 is 1. The fraction of sp³-hybridized carbons (Fsp3) is 0.588. The molecule has 1 aliphatic heterocycles.